The van der Waals surface area contributed by atoms with Crippen LogP contribution in [0.2, 0.25) is 0 Å². The van der Waals surface area contributed by atoms with Crippen molar-refractivity contribution >= 4 is 37.4 Å². The van der Waals surface area contributed by atoms with Crippen molar-refractivity contribution in [2.75, 3.05) is 7.11 Å². The first-order chi connectivity index (χ1) is 6.20. The van der Waals surface area contributed by atoms with Crippen LogP contribution in [0, 0.1) is 5.13 Å². The van der Waals surface area contributed by atoms with Crippen molar-refractivity contribution in [2.24, 2.45) is 0 Å². The summed E-state index contributed by atoms with van der Waals surface area (Å²) < 4.78 is 19.7. The summed E-state index contributed by atoms with van der Waals surface area (Å²) in [5.74, 6) is 0.731. The van der Waals surface area contributed by atoms with E-state index in [-0.39, 0.29) is 5.13 Å². The molecule has 0 N–H and O–H groups in total. The maximum Gasteiger partial charge on any atom is 0.177 e. The average Bonchev–Trinajstić information content (AvgIpc) is 2.42. The number of hydrogen-bond acceptors (Lipinski definition) is 2. The van der Waals surface area contributed by atoms with Gasteiger partial charge in [-0.2, -0.15) is 4.39 Å². The molecule has 2 rings (SSSR count). The molecule has 4 heteroatoms. The fourth-order valence-corrected chi connectivity index (χ4v) is 2.49. The highest BCUT2D eigenvalue weighted by Crippen LogP contribution is 2.34. The van der Waals surface area contributed by atoms with E-state index in [0.717, 1.165) is 31.6 Å². The average molecular weight is 261 g/mol. The summed E-state index contributed by atoms with van der Waals surface area (Å²) in [6, 6.07) is 5.20. The minimum absolute atomic E-state index is 0.171. The molecule has 1 nitrogen and oxygen atoms in total. The second-order valence-electron chi connectivity index (χ2n) is 2.58. The first-order valence-electron chi connectivity index (χ1n) is 3.63. The van der Waals surface area contributed by atoms with E-state index in [2.05, 4.69) is 15.9 Å². The zero-order chi connectivity index (χ0) is 9.42. The number of hydrogen-bond donors (Lipinski definition) is 0. The van der Waals surface area contributed by atoms with E-state index in [1.54, 1.807) is 7.11 Å². The largest absolute Gasteiger partial charge is 0.496 e. The number of thiophene rings is 1. The summed E-state index contributed by atoms with van der Waals surface area (Å²) in [5.41, 5.74) is 0. The van der Waals surface area contributed by atoms with Gasteiger partial charge in [-0.15, -0.1) is 11.3 Å². The number of benzene rings is 1. The van der Waals surface area contributed by atoms with Gasteiger partial charge in [0.1, 0.15) is 5.75 Å². The Kier molecular flexibility index (Phi) is 2.26. The minimum Gasteiger partial charge on any atom is -0.496 e. The quantitative estimate of drug-likeness (QED) is 0.758. The molecule has 0 aliphatic carbocycles. The fraction of sp³-hybridized carbons (Fsp3) is 0.111. The highest BCUT2D eigenvalue weighted by molar-refractivity contribution is 9.10. The molecule has 1 heterocycles. The highest BCUT2D eigenvalue weighted by Gasteiger charge is 2.06. The minimum atomic E-state index is -0.171. The molecule has 0 fully saturated rings. The summed E-state index contributed by atoms with van der Waals surface area (Å²) in [6.07, 6.45) is 0. The van der Waals surface area contributed by atoms with E-state index < -0.39 is 0 Å². The highest BCUT2D eigenvalue weighted by atomic mass is 79.9. The van der Waals surface area contributed by atoms with Crippen molar-refractivity contribution in [3.05, 3.63) is 27.8 Å². The summed E-state index contributed by atoms with van der Waals surface area (Å²) in [5, 5.41) is 0.727. The summed E-state index contributed by atoms with van der Waals surface area (Å²) in [7, 11) is 1.59. The van der Waals surface area contributed by atoms with Gasteiger partial charge in [0.25, 0.3) is 0 Å². The van der Waals surface area contributed by atoms with Crippen LogP contribution in [0.5, 0.6) is 5.75 Å². The topological polar surface area (TPSA) is 9.23 Å². The van der Waals surface area contributed by atoms with Gasteiger partial charge in [-0.25, -0.2) is 0 Å². The van der Waals surface area contributed by atoms with Crippen LogP contribution in [0.25, 0.3) is 10.1 Å². The van der Waals surface area contributed by atoms with Crippen molar-refractivity contribution in [3.8, 4) is 5.75 Å². The third-order valence-corrected chi connectivity index (χ3v) is 3.27. The van der Waals surface area contributed by atoms with Crippen LogP contribution in [-0.4, -0.2) is 7.11 Å². The number of halogens is 2. The van der Waals surface area contributed by atoms with E-state index >= 15 is 0 Å². The van der Waals surface area contributed by atoms with Crippen molar-refractivity contribution in [2.45, 2.75) is 0 Å². The van der Waals surface area contributed by atoms with Gasteiger partial charge < -0.3 is 4.74 Å². The van der Waals surface area contributed by atoms with Crippen LogP contribution in [0.1, 0.15) is 0 Å². The number of rotatable bonds is 1. The molecule has 2 aromatic rings. The van der Waals surface area contributed by atoms with Crippen molar-refractivity contribution in [1.82, 2.24) is 0 Å². The molecule has 0 radical (unpaired) electrons. The smallest absolute Gasteiger partial charge is 0.177 e. The van der Waals surface area contributed by atoms with E-state index in [0.29, 0.717) is 0 Å². The van der Waals surface area contributed by atoms with E-state index in [1.165, 1.54) is 6.07 Å². The Labute approximate surface area is 87.3 Å². The molecule has 0 aliphatic rings. The van der Waals surface area contributed by atoms with Gasteiger partial charge in [0, 0.05) is 4.70 Å². The molecular weight excluding hydrogens is 255 g/mol. The lowest BCUT2D eigenvalue weighted by Crippen LogP contribution is -1.82. The summed E-state index contributed by atoms with van der Waals surface area (Å²) >= 11 is 4.47. The van der Waals surface area contributed by atoms with E-state index in [4.69, 9.17) is 4.74 Å². The maximum absolute atomic E-state index is 12.9. The summed E-state index contributed by atoms with van der Waals surface area (Å²) in [6.45, 7) is 0. The molecular formula is C9H6BrFOS. The Bertz CT molecular complexity index is 452. The third kappa shape index (κ3) is 1.56. The predicted octanol–water partition coefficient (Wildman–Crippen LogP) is 3.81. The Morgan fingerprint density at radius 3 is 2.85 bits per heavy atom. The molecule has 0 saturated heterocycles. The van der Waals surface area contributed by atoms with E-state index in [9.17, 15) is 4.39 Å². The van der Waals surface area contributed by atoms with Crippen molar-refractivity contribution < 1.29 is 9.13 Å². The Hall–Kier alpha value is -0.610. The monoisotopic (exact) mass is 260 g/mol. The molecule has 1 aromatic heterocycles. The SMILES string of the molecule is COc1cc2sc(F)cc2cc1Br. The van der Waals surface area contributed by atoms with Gasteiger partial charge in [-0.3, -0.25) is 0 Å². The van der Waals surface area contributed by atoms with Gasteiger partial charge in [-0.05, 0) is 39.5 Å². The zero-order valence-electron chi connectivity index (χ0n) is 6.80. The van der Waals surface area contributed by atoms with Crippen LogP contribution in [0.15, 0.2) is 22.7 Å². The number of fused-ring (bicyclic) bond motifs is 1. The van der Waals surface area contributed by atoms with Crippen molar-refractivity contribution in [1.29, 1.82) is 0 Å². The Morgan fingerprint density at radius 2 is 2.15 bits per heavy atom. The lowest BCUT2D eigenvalue weighted by Gasteiger charge is -2.01. The molecule has 0 saturated carbocycles. The van der Waals surface area contributed by atoms with Crippen molar-refractivity contribution in [3.63, 3.8) is 0 Å². The van der Waals surface area contributed by atoms with Crippen LogP contribution in [-0.2, 0) is 0 Å². The first-order valence-corrected chi connectivity index (χ1v) is 5.24. The van der Waals surface area contributed by atoms with Crippen LogP contribution < -0.4 is 4.74 Å². The second-order valence-corrected chi connectivity index (χ2v) is 4.46. The van der Waals surface area contributed by atoms with Gasteiger partial charge in [0.05, 0.1) is 11.6 Å². The molecule has 0 amide bonds. The standard InChI is InChI=1S/C9H6BrFOS/c1-12-7-4-8-5(2-6(7)10)3-9(11)13-8/h2-4H,1H3. The van der Waals surface area contributed by atoms with Gasteiger partial charge >= 0.3 is 0 Å². The predicted molar refractivity (Wildman–Crippen MR) is 56.0 cm³/mol. The molecule has 13 heavy (non-hydrogen) atoms. The molecule has 0 atom stereocenters. The number of ether oxygens (including phenoxy) is 1. The number of methoxy groups -OCH3 is 1. The fourth-order valence-electron chi connectivity index (χ4n) is 1.16. The first kappa shape index (κ1) is 8.97. The lowest BCUT2D eigenvalue weighted by molar-refractivity contribution is 0.413. The van der Waals surface area contributed by atoms with Gasteiger partial charge in [-0.1, -0.05) is 0 Å². The second kappa shape index (κ2) is 3.27. The lowest BCUT2D eigenvalue weighted by atomic mass is 10.2. The molecule has 0 unspecified atom stereocenters. The van der Waals surface area contributed by atoms with E-state index in [1.807, 2.05) is 12.1 Å². The van der Waals surface area contributed by atoms with Gasteiger partial charge in [0.15, 0.2) is 5.13 Å². The maximum atomic E-state index is 12.9. The molecule has 0 spiro atoms. The van der Waals surface area contributed by atoms with Gasteiger partial charge in [0.2, 0.25) is 0 Å². The molecule has 68 valence electrons. The summed E-state index contributed by atoms with van der Waals surface area (Å²) in [4.78, 5) is 0. The Morgan fingerprint density at radius 1 is 1.38 bits per heavy atom. The molecule has 1 aromatic carbocycles. The Balaban J connectivity index is 2.72. The molecule has 0 bridgehead atoms. The molecule has 0 aliphatic heterocycles. The van der Waals surface area contributed by atoms with Crippen LogP contribution in [0.3, 0.4) is 0 Å². The van der Waals surface area contributed by atoms with Crippen LogP contribution >= 0.6 is 27.3 Å². The normalized spacial score (nSPS) is 10.7. The third-order valence-electron chi connectivity index (χ3n) is 1.76. The van der Waals surface area contributed by atoms with Crippen LogP contribution in [0.4, 0.5) is 4.39 Å². The zero-order valence-corrected chi connectivity index (χ0v) is 9.21.